The van der Waals surface area contributed by atoms with Gasteiger partial charge in [0.05, 0.1) is 6.61 Å². The van der Waals surface area contributed by atoms with E-state index in [4.69, 9.17) is 9.47 Å². The maximum atomic E-state index is 12.0. The third kappa shape index (κ3) is 4.52. The zero-order chi connectivity index (χ0) is 13.8. The summed E-state index contributed by atoms with van der Waals surface area (Å²) in [5, 5.41) is 2.55. The fourth-order valence-corrected chi connectivity index (χ4v) is 1.55. The summed E-state index contributed by atoms with van der Waals surface area (Å²) in [6.45, 7) is 6.96. The smallest absolute Gasteiger partial charge is 0.408 e. The fourth-order valence-electron chi connectivity index (χ4n) is 1.55. The molecule has 0 aromatic carbocycles. The summed E-state index contributed by atoms with van der Waals surface area (Å²) in [7, 11) is 1.49. The summed E-state index contributed by atoms with van der Waals surface area (Å²) >= 11 is 0. The molecule has 0 saturated carbocycles. The Kier molecular flexibility index (Phi) is 4.95. The van der Waals surface area contributed by atoms with Gasteiger partial charge in [0.2, 0.25) is 5.91 Å². The molecule has 0 spiro atoms. The topological polar surface area (TPSA) is 67.9 Å². The van der Waals surface area contributed by atoms with Gasteiger partial charge in [-0.15, -0.1) is 0 Å². The van der Waals surface area contributed by atoms with Gasteiger partial charge in [0.15, 0.2) is 0 Å². The molecule has 1 N–H and O–H groups in total. The minimum absolute atomic E-state index is 0.117. The first-order valence-corrected chi connectivity index (χ1v) is 6.11. The highest BCUT2D eigenvalue weighted by molar-refractivity contribution is 5.86. The molecule has 1 atom stereocenters. The Labute approximate surface area is 108 Å². The van der Waals surface area contributed by atoms with Gasteiger partial charge in [-0.2, -0.15) is 0 Å². The molecule has 0 aromatic rings. The van der Waals surface area contributed by atoms with Gasteiger partial charge in [-0.25, -0.2) is 4.79 Å². The standard InChI is InChI=1S/C12H22N2O4/c1-12(2,3)18-11(16)13-9(8-17-4)10(15)14-6-5-7-14/h9H,5-8H2,1-4H3,(H,13,16). The van der Waals surface area contributed by atoms with Gasteiger partial charge in [0, 0.05) is 20.2 Å². The van der Waals surface area contributed by atoms with Crippen LogP contribution in [-0.4, -0.2) is 55.3 Å². The lowest BCUT2D eigenvalue weighted by molar-refractivity contribution is -0.138. The van der Waals surface area contributed by atoms with Crippen molar-refractivity contribution in [1.29, 1.82) is 0 Å². The molecule has 1 heterocycles. The van der Waals surface area contributed by atoms with E-state index in [0.29, 0.717) is 0 Å². The molecule has 104 valence electrons. The van der Waals surface area contributed by atoms with Crippen molar-refractivity contribution in [2.24, 2.45) is 0 Å². The van der Waals surface area contributed by atoms with Crippen molar-refractivity contribution in [2.45, 2.75) is 38.8 Å². The van der Waals surface area contributed by atoms with Gasteiger partial charge in [0.25, 0.3) is 0 Å². The Balaban J connectivity index is 2.51. The second-order valence-electron chi connectivity index (χ2n) is 5.33. The number of carbonyl (C=O) groups is 2. The molecule has 6 nitrogen and oxygen atoms in total. The van der Waals surface area contributed by atoms with E-state index in [-0.39, 0.29) is 12.5 Å². The Hall–Kier alpha value is -1.30. The number of nitrogens with zero attached hydrogens (tertiary/aromatic N) is 1. The number of likely N-dealkylation sites (tertiary alicyclic amines) is 1. The van der Waals surface area contributed by atoms with Crippen LogP contribution in [0, 0.1) is 0 Å². The van der Waals surface area contributed by atoms with Gasteiger partial charge >= 0.3 is 6.09 Å². The van der Waals surface area contributed by atoms with Crippen molar-refractivity contribution in [3.05, 3.63) is 0 Å². The highest BCUT2D eigenvalue weighted by Gasteiger charge is 2.30. The molecule has 6 heteroatoms. The van der Waals surface area contributed by atoms with Crippen LogP contribution in [0.2, 0.25) is 0 Å². The summed E-state index contributed by atoms with van der Waals surface area (Å²) in [5.41, 5.74) is -0.582. The zero-order valence-electron chi connectivity index (χ0n) is 11.5. The summed E-state index contributed by atoms with van der Waals surface area (Å²) in [4.78, 5) is 25.3. The number of nitrogens with one attached hydrogen (secondary N) is 1. The van der Waals surface area contributed by atoms with Crippen LogP contribution in [0.25, 0.3) is 0 Å². The van der Waals surface area contributed by atoms with Gasteiger partial charge < -0.3 is 19.7 Å². The van der Waals surface area contributed by atoms with Gasteiger partial charge in [0.1, 0.15) is 11.6 Å². The molecule has 1 aliphatic heterocycles. The van der Waals surface area contributed by atoms with Crippen molar-refractivity contribution in [2.75, 3.05) is 26.8 Å². The number of methoxy groups -OCH3 is 1. The highest BCUT2D eigenvalue weighted by Crippen LogP contribution is 2.10. The largest absolute Gasteiger partial charge is 0.444 e. The minimum Gasteiger partial charge on any atom is -0.444 e. The van der Waals surface area contributed by atoms with E-state index in [1.807, 2.05) is 0 Å². The molecule has 1 aliphatic rings. The molecule has 1 fully saturated rings. The number of carbonyl (C=O) groups excluding carboxylic acids is 2. The number of hydrogen-bond donors (Lipinski definition) is 1. The SMILES string of the molecule is COCC(NC(=O)OC(C)(C)C)C(=O)N1CCC1. The van der Waals surface area contributed by atoms with Crippen molar-refractivity contribution in [3.63, 3.8) is 0 Å². The average Bonchev–Trinajstić information content (AvgIpc) is 2.11. The Bertz CT molecular complexity index is 308. The van der Waals surface area contributed by atoms with Gasteiger partial charge in [-0.05, 0) is 27.2 Å². The van der Waals surface area contributed by atoms with E-state index in [2.05, 4.69) is 5.32 Å². The molecule has 0 aromatic heterocycles. The molecule has 0 aliphatic carbocycles. The van der Waals surface area contributed by atoms with Crippen LogP contribution in [0.3, 0.4) is 0 Å². The normalized spacial score (nSPS) is 16.8. The third-order valence-corrected chi connectivity index (χ3v) is 2.49. The Morgan fingerprint density at radius 3 is 2.33 bits per heavy atom. The van der Waals surface area contributed by atoms with Crippen LogP contribution in [0.4, 0.5) is 4.79 Å². The lowest BCUT2D eigenvalue weighted by Crippen LogP contribution is -2.55. The third-order valence-electron chi connectivity index (χ3n) is 2.49. The maximum Gasteiger partial charge on any atom is 0.408 e. The van der Waals surface area contributed by atoms with Crippen molar-refractivity contribution >= 4 is 12.0 Å². The van der Waals surface area contributed by atoms with Crippen LogP contribution in [0.5, 0.6) is 0 Å². The quantitative estimate of drug-likeness (QED) is 0.808. The first-order valence-electron chi connectivity index (χ1n) is 6.11. The Morgan fingerprint density at radius 2 is 1.94 bits per heavy atom. The van der Waals surface area contributed by atoms with E-state index in [1.54, 1.807) is 25.7 Å². The van der Waals surface area contributed by atoms with Gasteiger partial charge in [-0.3, -0.25) is 4.79 Å². The lowest BCUT2D eigenvalue weighted by Gasteiger charge is -2.34. The van der Waals surface area contributed by atoms with Gasteiger partial charge in [-0.1, -0.05) is 0 Å². The average molecular weight is 258 g/mol. The summed E-state index contributed by atoms with van der Waals surface area (Å²) in [6, 6.07) is -0.676. The second kappa shape index (κ2) is 6.04. The molecular weight excluding hydrogens is 236 g/mol. The fraction of sp³-hybridized carbons (Fsp3) is 0.833. The number of alkyl carbamates (subject to hydrolysis) is 1. The molecule has 1 saturated heterocycles. The van der Waals surface area contributed by atoms with Crippen LogP contribution < -0.4 is 5.32 Å². The first-order chi connectivity index (χ1) is 8.33. The molecular formula is C12H22N2O4. The molecule has 1 unspecified atom stereocenters. The molecule has 18 heavy (non-hydrogen) atoms. The number of hydrogen-bond acceptors (Lipinski definition) is 4. The summed E-state index contributed by atoms with van der Waals surface area (Å²) in [6.07, 6.45) is 0.413. The number of rotatable bonds is 4. The van der Waals surface area contributed by atoms with Crippen molar-refractivity contribution in [1.82, 2.24) is 10.2 Å². The highest BCUT2D eigenvalue weighted by atomic mass is 16.6. The van der Waals surface area contributed by atoms with E-state index in [9.17, 15) is 9.59 Å². The molecule has 2 amide bonds. The van der Waals surface area contributed by atoms with Crippen molar-refractivity contribution in [3.8, 4) is 0 Å². The maximum absolute atomic E-state index is 12.0. The van der Waals surface area contributed by atoms with E-state index < -0.39 is 17.7 Å². The number of ether oxygens (including phenoxy) is 2. The van der Waals surface area contributed by atoms with Crippen LogP contribution >= 0.6 is 0 Å². The van der Waals surface area contributed by atoms with Crippen molar-refractivity contribution < 1.29 is 19.1 Å². The Morgan fingerprint density at radius 1 is 1.33 bits per heavy atom. The zero-order valence-corrected chi connectivity index (χ0v) is 11.5. The summed E-state index contributed by atoms with van der Waals surface area (Å²) in [5.74, 6) is -0.117. The predicted octanol–water partition coefficient (Wildman–Crippen LogP) is 0.758. The molecule has 0 bridgehead atoms. The lowest BCUT2D eigenvalue weighted by atomic mass is 10.1. The number of amides is 2. The van der Waals surface area contributed by atoms with Crippen LogP contribution in [-0.2, 0) is 14.3 Å². The minimum atomic E-state index is -0.676. The van der Waals surface area contributed by atoms with E-state index >= 15 is 0 Å². The second-order valence-corrected chi connectivity index (χ2v) is 5.33. The summed E-state index contributed by atoms with van der Waals surface area (Å²) < 4.78 is 10.1. The molecule has 1 rings (SSSR count). The monoisotopic (exact) mass is 258 g/mol. The molecule has 0 radical (unpaired) electrons. The van der Waals surface area contributed by atoms with Crippen LogP contribution in [0.15, 0.2) is 0 Å². The van der Waals surface area contributed by atoms with E-state index in [1.165, 1.54) is 7.11 Å². The van der Waals surface area contributed by atoms with E-state index in [0.717, 1.165) is 19.5 Å². The first kappa shape index (κ1) is 14.8. The van der Waals surface area contributed by atoms with Crippen LogP contribution in [0.1, 0.15) is 27.2 Å². The predicted molar refractivity (Wildman–Crippen MR) is 66.2 cm³/mol.